The molecule has 1 aromatic rings. The smallest absolute Gasteiger partial charge is 0.302 e. The van der Waals surface area contributed by atoms with E-state index < -0.39 is 10.1 Å². The molecule has 5 saturated carbocycles. The lowest BCUT2D eigenvalue weighted by molar-refractivity contribution is -0.251. The Hall–Kier alpha value is -1.66. The number of esters is 1. The lowest BCUT2D eigenvalue weighted by atomic mass is 9.32. The fourth-order valence-corrected chi connectivity index (χ4v) is 13.9. The monoisotopic (exact) mass is 638 g/mol. The molecule has 6 heteroatoms. The summed E-state index contributed by atoms with van der Waals surface area (Å²) in [4.78, 5) is 12.3. The summed E-state index contributed by atoms with van der Waals surface area (Å²) >= 11 is 0. The number of rotatable bonds is 6. The third-order valence-corrected chi connectivity index (χ3v) is 16.6. The first-order chi connectivity index (χ1) is 20.9. The molecule has 0 bridgehead atoms. The van der Waals surface area contributed by atoms with E-state index in [0.717, 1.165) is 44.1 Å². The first-order valence-corrected chi connectivity index (χ1v) is 19.1. The van der Waals surface area contributed by atoms with Crippen LogP contribution < -0.4 is 0 Å². The van der Waals surface area contributed by atoms with Crippen LogP contribution in [0, 0.1) is 63.6 Å². The van der Waals surface area contributed by atoms with E-state index in [1.54, 1.807) is 19.1 Å². The Kier molecular flexibility index (Phi) is 8.08. The molecule has 6 rings (SSSR count). The zero-order valence-electron chi connectivity index (χ0n) is 29.2. The van der Waals surface area contributed by atoms with Crippen LogP contribution in [0.15, 0.2) is 41.3 Å². The van der Waals surface area contributed by atoms with Crippen molar-refractivity contribution < 1.29 is 22.1 Å². The first kappa shape index (κ1) is 33.2. The maximum atomic E-state index is 13.4. The molecule has 0 aliphatic heterocycles. The van der Waals surface area contributed by atoms with Crippen LogP contribution in [0.2, 0.25) is 0 Å². The number of hydrogen-bond donors (Lipinski definition) is 0. The minimum Gasteiger partial charge on any atom is -0.462 e. The molecule has 0 N–H and O–H groups in total. The molecule has 250 valence electrons. The lowest BCUT2D eigenvalue weighted by Crippen LogP contribution is -2.67. The maximum Gasteiger partial charge on any atom is 0.302 e. The average molecular weight is 639 g/mol. The molecule has 0 saturated heterocycles. The van der Waals surface area contributed by atoms with Crippen molar-refractivity contribution in [2.75, 3.05) is 6.61 Å². The third kappa shape index (κ3) is 4.92. The van der Waals surface area contributed by atoms with Gasteiger partial charge in [0.1, 0.15) is 6.10 Å². The fourth-order valence-electron chi connectivity index (χ4n) is 12.9. The zero-order chi connectivity index (χ0) is 32.8. The summed E-state index contributed by atoms with van der Waals surface area (Å²) in [5.41, 5.74) is 2.69. The summed E-state index contributed by atoms with van der Waals surface area (Å²) in [7, 11) is -3.83. The van der Waals surface area contributed by atoms with E-state index in [4.69, 9.17) is 8.92 Å². The molecular weight excluding hydrogens is 580 g/mol. The van der Waals surface area contributed by atoms with Crippen LogP contribution in [0.5, 0.6) is 0 Å². The summed E-state index contributed by atoms with van der Waals surface area (Å²) in [5, 5.41) is 0. The van der Waals surface area contributed by atoms with E-state index in [-0.39, 0.29) is 50.7 Å². The van der Waals surface area contributed by atoms with Crippen molar-refractivity contribution in [3.63, 3.8) is 0 Å². The van der Waals surface area contributed by atoms with Gasteiger partial charge in [0.2, 0.25) is 0 Å². The molecule has 0 heterocycles. The zero-order valence-corrected chi connectivity index (χ0v) is 30.0. The van der Waals surface area contributed by atoms with Crippen LogP contribution in [0.25, 0.3) is 0 Å². The number of benzene rings is 1. The highest BCUT2D eigenvalue weighted by atomic mass is 32.2. The molecule has 0 amide bonds. The topological polar surface area (TPSA) is 69.7 Å². The molecule has 1 aromatic carbocycles. The van der Waals surface area contributed by atoms with E-state index in [2.05, 4.69) is 48.1 Å². The Balaban J connectivity index is 1.31. The molecule has 45 heavy (non-hydrogen) atoms. The van der Waals surface area contributed by atoms with Gasteiger partial charge in [-0.1, -0.05) is 64.5 Å². The van der Waals surface area contributed by atoms with Crippen molar-refractivity contribution in [3.8, 4) is 0 Å². The second-order valence-corrected chi connectivity index (χ2v) is 19.2. The van der Waals surface area contributed by atoms with Crippen LogP contribution in [0.1, 0.15) is 118 Å². The second-order valence-electron chi connectivity index (χ2n) is 17.5. The van der Waals surface area contributed by atoms with E-state index in [1.807, 2.05) is 19.1 Å². The number of hydrogen-bond acceptors (Lipinski definition) is 5. The Morgan fingerprint density at radius 2 is 1.53 bits per heavy atom. The molecular formula is C39H58O5S. The van der Waals surface area contributed by atoms with Gasteiger partial charge in [0, 0.05) is 12.3 Å². The minimum atomic E-state index is -3.83. The Morgan fingerprint density at radius 3 is 2.18 bits per heavy atom. The molecule has 10 atom stereocenters. The van der Waals surface area contributed by atoms with Crippen molar-refractivity contribution in [2.45, 2.75) is 131 Å². The molecule has 0 spiro atoms. The lowest BCUT2D eigenvalue weighted by Gasteiger charge is -2.73. The predicted molar refractivity (Wildman–Crippen MR) is 179 cm³/mol. The van der Waals surface area contributed by atoms with Gasteiger partial charge in [-0.2, -0.15) is 8.42 Å². The molecule has 0 aromatic heterocycles. The number of fused-ring (bicyclic) bond motifs is 7. The Bertz CT molecular complexity index is 1450. The van der Waals surface area contributed by atoms with E-state index in [0.29, 0.717) is 29.6 Å². The third-order valence-electron chi connectivity index (χ3n) is 15.3. The van der Waals surface area contributed by atoms with Crippen LogP contribution in [0.3, 0.4) is 0 Å². The van der Waals surface area contributed by atoms with Crippen molar-refractivity contribution >= 4 is 16.1 Å². The number of carbonyl (C=O) groups is 1. The highest BCUT2D eigenvalue weighted by Gasteiger charge is 2.71. The number of ether oxygens (including phenoxy) is 1. The highest BCUT2D eigenvalue weighted by molar-refractivity contribution is 7.86. The number of aryl methyl sites for hydroxylation is 1. The second kappa shape index (κ2) is 10.9. The van der Waals surface area contributed by atoms with Gasteiger partial charge in [-0.25, -0.2) is 0 Å². The normalized spacial score (nSPS) is 43.7. The van der Waals surface area contributed by atoms with Crippen LogP contribution in [-0.2, 0) is 23.8 Å². The van der Waals surface area contributed by atoms with Gasteiger partial charge >= 0.3 is 5.97 Å². The van der Waals surface area contributed by atoms with Gasteiger partial charge in [0.05, 0.1) is 11.5 Å². The van der Waals surface area contributed by atoms with Crippen molar-refractivity contribution in [1.82, 2.24) is 0 Å². The largest absolute Gasteiger partial charge is 0.462 e. The van der Waals surface area contributed by atoms with Crippen molar-refractivity contribution in [3.05, 3.63) is 42.0 Å². The fraction of sp³-hybridized carbons (Fsp3) is 0.769. The SMILES string of the molecule is C=C(C)C1CC[C@]2(COS(=O)(=O)c3ccc(C)cc3)CCC3(C)C(CCC4C5(C)CCC(OC(C)=O)C(C)(C)C5CCC43C)C12. The standard InChI is InChI=1S/C39H58O5S/c1-25(2)29-16-21-39(24-43-45(41,42)28-12-10-26(3)11-13-28)23-22-37(8)30(34(29)39)14-15-32-36(7)19-18-33(44-27(4)40)35(5,6)31(36)17-20-38(32,37)9/h10-13,29-34H,1,14-24H2,2-9H3/t29?,30?,31?,32?,33?,34?,36?,37?,38?,39-/m1/s1. The quantitative estimate of drug-likeness (QED) is 0.176. The molecule has 5 aliphatic carbocycles. The van der Waals surface area contributed by atoms with Crippen molar-refractivity contribution in [2.24, 2.45) is 56.7 Å². The number of allylic oxidation sites excluding steroid dienone is 1. The van der Waals surface area contributed by atoms with E-state index in [9.17, 15) is 13.2 Å². The number of carbonyl (C=O) groups excluding carboxylic acids is 1. The molecule has 5 nitrogen and oxygen atoms in total. The van der Waals surface area contributed by atoms with Crippen LogP contribution in [0.4, 0.5) is 0 Å². The van der Waals surface area contributed by atoms with Crippen LogP contribution >= 0.6 is 0 Å². The highest BCUT2D eigenvalue weighted by Crippen LogP contribution is 2.77. The molecule has 5 fully saturated rings. The Morgan fingerprint density at radius 1 is 0.844 bits per heavy atom. The summed E-state index contributed by atoms with van der Waals surface area (Å²) in [5.74, 6) is 2.31. The summed E-state index contributed by atoms with van der Waals surface area (Å²) in [6, 6.07) is 7.02. The maximum absolute atomic E-state index is 13.4. The van der Waals surface area contributed by atoms with Crippen molar-refractivity contribution in [1.29, 1.82) is 0 Å². The van der Waals surface area contributed by atoms with E-state index >= 15 is 0 Å². The average Bonchev–Trinajstić information content (AvgIpc) is 3.34. The van der Waals surface area contributed by atoms with Crippen LogP contribution in [-0.4, -0.2) is 27.1 Å². The van der Waals surface area contributed by atoms with Gasteiger partial charge in [-0.3, -0.25) is 8.98 Å². The van der Waals surface area contributed by atoms with Gasteiger partial charge < -0.3 is 4.74 Å². The van der Waals surface area contributed by atoms with Gasteiger partial charge in [0.15, 0.2) is 0 Å². The predicted octanol–water partition coefficient (Wildman–Crippen LogP) is 9.29. The van der Waals surface area contributed by atoms with Gasteiger partial charge in [-0.05, 0) is 141 Å². The molecule has 0 radical (unpaired) electrons. The van der Waals surface area contributed by atoms with Gasteiger partial charge in [0.25, 0.3) is 10.1 Å². The Labute approximate surface area is 273 Å². The first-order valence-electron chi connectivity index (χ1n) is 17.7. The summed E-state index contributed by atoms with van der Waals surface area (Å²) < 4.78 is 38.8. The van der Waals surface area contributed by atoms with Gasteiger partial charge in [-0.15, -0.1) is 0 Å². The summed E-state index contributed by atoms with van der Waals surface area (Å²) in [6.07, 6.45) is 11.1. The van der Waals surface area contributed by atoms with E-state index in [1.165, 1.54) is 31.3 Å². The molecule has 5 aliphatic rings. The summed E-state index contributed by atoms with van der Waals surface area (Å²) in [6.45, 7) is 23.0. The minimum absolute atomic E-state index is 0.00865. The molecule has 9 unspecified atom stereocenters.